The van der Waals surface area contributed by atoms with Gasteiger partial charge in [-0.25, -0.2) is 4.98 Å². The highest BCUT2D eigenvalue weighted by Crippen LogP contribution is 2.33. The SMILES string of the molecule is COc1ccc(NC(=S)N2CCC[C@H](c3nc4ccccc4s3)C2)cc1. The summed E-state index contributed by atoms with van der Waals surface area (Å²) in [4.78, 5) is 7.11. The number of thiazole rings is 1. The van der Waals surface area contributed by atoms with Crippen molar-refractivity contribution < 1.29 is 4.74 Å². The molecule has 0 radical (unpaired) electrons. The molecule has 4 nitrogen and oxygen atoms in total. The van der Waals surface area contributed by atoms with Crippen LogP contribution < -0.4 is 10.1 Å². The maximum Gasteiger partial charge on any atom is 0.173 e. The number of thiocarbonyl (C=S) groups is 1. The minimum absolute atomic E-state index is 0.441. The van der Waals surface area contributed by atoms with Crippen molar-refractivity contribution in [2.45, 2.75) is 18.8 Å². The van der Waals surface area contributed by atoms with Gasteiger partial charge in [-0.05, 0) is 61.5 Å². The van der Waals surface area contributed by atoms with Crippen LogP contribution in [0.15, 0.2) is 48.5 Å². The van der Waals surface area contributed by atoms with Gasteiger partial charge in [0.15, 0.2) is 5.11 Å². The average molecular weight is 384 g/mol. The van der Waals surface area contributed by atoms with Crippen LogP contribution in [0.2, 0.25) is 0 Å². The fourth-order valence-corrected chi connectivity index (χ4v) is 4.68. The van der Waals surface area contributed by atoms with Gasteiger partial charge in [0, 0.05) is 24.7 Å². The quantitative estimate of drug-likeness (QED) is 0.653. The Balaban J connectivity index is 1.44. The van der Waals surface area contributed by atoms with E-state index >= 15 is 0 Å². The lowest BCUT2D eigenvalue weighted by Gasteiger charge is -2.33. The van der Waals surface area contributed by atoms with E-state index in [0.29, 0.717) is 5.92 Å². The Labute approximate surface area is 162 Å². The van der Waals surface area contributed by atoms with E-state index < -0.39 is 0 Å². The summed E-state index contributed by atoms with van der Waals surface area (Å²) in [6, 6.07) is 16.2. The van der Waals surface area contributed by atoms with Crippen molar-refractivity contribution in [3.8, 4) is 5.75 Å². The molecule has 1 N–H and O–H groups in total. The summed E-state index contributed by atoms with van der Waals surface area (Å²) in [6.45, 7) is 1.91. The van der Waals surface area contributed by atoms with Crippen molar-refractivity contribution in [1.82, 2.24) is 9.88 Å². The first-order chi connectivity index (χ1) is 12.7. The molecule has 134 valence electrons. The Morgan fingerprint density at radius 2 is 2.04 bits per heavy atom. The average Bonchev–Trinajstić information content (AvgIpc) is 3.13. The van der Waals surface area contributed by atoms with Crippen LogP contribution in [0.3, 0.4) is 0 Å². The largest absolute Gasteiger partial charge is 0.497 e. The molecule has 1 atom stereocenters. The molecule has 2 heterocycles. The Hall–Kier alpha value is -2.18. The number of hydrogen-bond acceptors (Lipinski definition) is 4. The van der Waals surface area contributed by atoms with Crippen molar-refractivity contribution in [2.75, 3.05) is 25.5 Å². The van der Waals surface area contributed by atoms with Crippen LogP contribution in [-0.4, -0.2) is 35.2 Å². The van der Waals surface area contributed by atoms with Crippen molar-refractivity contribution in [2.24, 2.45) is 0 Å². The maximum atomic E-state index is 5.65. The van der Waals surface area contributed by atoms with E-state index in [1.54, 1.807) is 7.11 Å². The topological polar surface area (TPSA) is 37.4 Å². The predicted octanol–water partition coefficient (Wildman–Crippen LogP) is 4.88. The second kappa shape index (κ2) is 7.60. The van der Waals surface area contributed by atoms with E-state index in [0.717, 1.165) is 41.6 Å². The van der Waals surface area contributed by atoms with Gasteiger partial charge < -0.3 is 15.0 Å². The number of para-hydroxylation sites is 1. The van der Waals surface area contributed by atoms with Crippen molar-refractivity contribution in [1.29, 1.82) is 0 Å². The second-order valence-corrected chi connectivity index (χ2v) is 7.91. The molecule has 0 bridgehead atoms. The molecule has 0 spiro atoms. The number of rotatable bonds is 3. The molecular formula is C20H21N3OS2. The first kappa shape index (κ1) is 17.2. The van der Waals surface area contributed by atoms with Crippen LogP contribution >= 0.6 is 23.6 Å². The molecular weight excluding hydrogens is 362 g/mol. The third-order valence-electron chi connectivity index (χ3n) is 4.71. The van der Waals surface area contributed by atoms with Crippen LogP contribution in [0.25, 0.3) is 10.2 Å². The number of aromatic nitrogens is 1. The highest BCUT2D eigenvalue weighted by atomic mass is 32.1. The molecule has 1 aliphatic heterocycles. The molecule has 3 aromatic rings. The minimum atomic E-state index is 0.441. The predicted molar refractivity (Wildman–Crippen MR) is 112 cm³/mol. The molecule has 0 aliphatic carbocycles. The number of ether oxygens (including phenoxy) is 1. The van der Waals surface area contributed by atoms with Gasteiger partial charge >= 0.3 is 0 Å². The lowest BCUT2D eigenvalue weighted by molar-refractivity contribution is 0.312. The summed E-state index contributed by atoms with van der Waals surface area (Å²) in [5, 5.41) is 5.35. The lowest BCUT2D eigenvalue weighted by Crippen LogP contribution is -2.41. The first-order valence-corrected chi connectivity index (χ1v) is 10.0. The Bertz CT molecular complexity index is 874. The van der Waals surface area contributed by atoms with Gasteiger partial charge in [-0.1, -0.05) is 12.1 Å². The smallest absolute Gasteiger partial charge is 0.173 e. The lowest BCUT2D eigenvalue weighted by atomic mass is 9.99. The molecule has 0 saturated carbocycles. The number of nitrogens with one attached hydrogen (secondary N) is 1. The molecule has 2 aromatic carbocycles. The number of fused-ring (bicyclic) bond motifs is 1. The number of piperidine rings is 1. The monoisotopic (exact) mass is 383 g/mol. The van der Waals surface area contributed by atoms with Crippen LogP contribution in [0, 0.1) is 0 Å². The van der Waals surface area contributed by atoms with Crippen LogP contribution in [-0.2, 0) is 0 Å². The van der Waals surface area contributed by atoms with Gasteiger partial charge in [0.25, 0.3) is 0 Å². The van der Waals surface area contributed by atoms with Gasteiger partial charge in [-0.15, -0.1) is 11.3 Å². The fraction of sp³-hybridized carbons (Fsp3) is 0.300. The summed E-state index contributed by atoms with van der Waals surface area (Å²) < 4.78 is 6.46. The number of anilines is 1. The highest BCUT2D eigenvalue weighted by Gasteiger charge is 2.25. The number of hydrogen-bond donors (Lipinski definition) is 1. The van der Waals surface area contributed by atoms with E-state index in [1.807, 2.05) is 41.7 Å². The standard InChI is InChI=1S/C20H21N3OS2/c1-24-16-10-8-15(9-11-16)21-20(25)23-12-4-5-14(13-23)19-22-17-6-2-3-7-18(17)26-19/h2-3,6-11,14H,4-5,12-13H2,1H3,(H,21,25)/t14-/m0/s1. The summed E-state index contributed by atoms with van der Waals surface area (Å²) >= 11 is 7.46. The van der Waals surface area contributed by atoms with E-state index in [4.69, 9.17) is 21.9 Å². The zero-order chi connectivity index (χ0) is 17.9. The van der Waals surface area contributed by atoms with Gasteiger partial charge in [0.05, 0.1) is 22.3 Å². The number of benzene rings is 2. The third kappa shape index (κ3) is 3.66. The van der Waals surface area contributed by atoms with Crippen molar-refractivity contribution >= 4 is 44.6 Å². The molecule has 1 saturated heterocycles. The van der Waals surface area contributed by atoms with Gasteiger partial charge in [-0.3, -0.25) is 0 Å². The van der Waals surface area contributed by atoms with E-state index in [9.17, 15) is 0 Å². The normalized spacial score (nSPS) is 17.3. The Morgan fingerprint density at radius 3 is 2.81 bits per heavy atom. The number of methoxy groups -OCH3 is 1. The van der Waals surface area contributed by atoms with Gasteiger partial charge in [0.1, 0.15) is 5.75 Å². The molecule has 26 heavy (non-hydrogen) atoms. The van der Waals surface area contributed by atoms with Crippen molar-refractivity contribution in [3.05, 3.63) is 53.5 Å². The van der Waals surface area contributed by atoms with Gasteiger partial charge in [-0.2, -0.15) is 0 Å². The Morgan fingerprint density at radius 1 is 1.23 bits per heavy atom. The van der Waals surface area contributed by atoms with Crippen LogP contribution in [0.1, 0.15) is 23.8 Å². The summed E-state index contributed by atoms with van der Waals surface area (Å²) in [7, 11) is 1.67. The molecule has 1 aliphatic rings. The van der Waals surface area contributed by atoms with Crippen LogP contribution in [0.4, 0.5) is 5.69 Å². The molecule has 1 fully saturated rings. The molecule has 0 unspecified atom stereocenters. The molecule has 1 aromatic heterocycles. The van der Waals surface area contributed by atoms with E-state index in [1.165, 1.54) is 16.1 Å². The molecule has 4 rings (SSSR count). The second-order valence-electron chi connectivity index (χ2n) is 6.46. The van der Waals surface area contributed by atoms with Gasteiger partial charge in [0.2, 0.25) is 0 Å². The molecule has 6 heteroatoms. The zero-order valence-corrected chi connectivity index (χ0v) is 16.3. The highest BCUT2D eigenvalue weighted by molar-refractivity contribution is 7.80. The number of nitrogens with zero attached hydrogens (tertiary/aromatic N) is 2. The summed E-state index contributed by atoms with van der Waals surface area (Å²) in [5.41, 5.74) is 2.08. The number of likely N-dealkylation sites (tertiary alicyclic amines) is 1. The first-order valence-electron chi connectivity index (χ1n) is 8.78. The molecule has 0 amide bonds. The maximum absolute atomic E-state index is 5.65. The summed E-state index contributed by atoms with van der Waals surface area (Å²) in [5.74, 6) is 1.28. The Kier molecular flexibility index (Phi) is 5.04. The van der Waals surface area contributed by atoms with Crippen molar-refractivity contribution in [3.63, 3.8) is 0 Å². The summed E-state index contributed by atoms with van der Waals surface area (Å²) in [6.07, 6.45) is 2.30. The minimum Gasteiger partial charge on any atom is -0.497 e. The third-order valence-corrected chi connectivity index (χ3v) is 6.27. The fourth-order valence-electron chi connectivity index (χ4n) is 3.30. The van der Waals surface area contributed by atoms with E-state index in [-0.39, 0.29) is 0 Å². The zero-order valence-electron chi connectivity index (χ0n) is 14.6. The van der Waals surface area contributed by atoms with E-state index in [2.05, 4.69) is 28.4 Å². The van der Waals surface area contributed by atoms with Crippen LogP contribution in [0.5, 0.6) is 5.75 Å².